The maximum absolute atomic E-state index is 6.26. The minimum atomic E-state index is 0.121. The molecule has 3 heteroatoms. The Hall–Kier alpha value is -0.900. The van der Waals surface area contributed by atoms with Crippen molar-refractivity contribution in [3.63, 3.8) is 0 Å². The second-order valence-electron chi connectivity index (χ2n) is 4.79. The predicted octanol–water partition coefficient (Wildman–Crippen LogP) is 2.14. The van der Waals surface area contributed by atoms with Crippen LogP contribution in [0.5, 0.6) is 0 Å². The summed E-state index contributed by atoms with van der Waals surface area (Å²) in [6.07, 6.45) is 2.38. The van der Waals surface area contributed by atoms with Crippen LogP contribution in [0.4, 0.5) is 0 Å². The van der Waals surface area contributed by atoms with Crippen molar-refractivity contribution >= 4 is 0 Å². The Balaban J connectivity index is 1.88. The lowest BCUT2D eigenvalue weighted by Gasteiger charge is -2.30. The Morgan fingerprint density at radius 1 is 1.29 bits per heavy atom. The molecule has 2 rings (SSSR count). The van der Waals surface area contributed by atoms with Crippen LogP contribution in [-0.2, 0) is 4.84 Å². The van der Waals surface area contributed by atoms with E-state index in [1.807, 2.05) is 11.1 Å². The lowest BCUT2D eigenvalue weighted by atomic mass is 9.94. The van der Waals surface area contributed by atoms with Crippen molar-refractivity contribution in [3.8, 4) is 0 Å². The SMILES string of the molecule is C[C@@H](c1ccccc1)[C@H](N)CN1CCCCO1. The van der Waals surface area contributed by atoms with Crippen LogP contribution in [0.25, 0.3) is 0 Å². The van der Waals surface area contributed by atoms with Gasteiger partial charge in [-0.3, -0.25) is 4.84 Å². The van der Waals surface area contributed by atoms with E-state index >= 15 is 0 Å². The molecule has 0 saturated carbocycles. The first-order valence-corrected chi connectivity index (χ1v) is 6.46. The van der Waals surface area contributed by atoms with Crippen molar-refractivity contribution in [3.05, 3.63) is 35.9 Å². The molecule has 2 atom stereocenters. The Morgan fingerprint density at radius 2 is 2.06 bits per heavy atom. The van der Waals surface area contributed by atoms with Crippen molar-refractivity contribution in [2.24, 2.45) is 5.73 Å². The number of hydrogen-bond acceptors (Lipinski definition) is 3. The van der Waals surface area contributed by atoms with Crippen LogP contribution in [0, 0.1) is 0 Å². The maximum Gasteiger partial charge on any atom is 0.0685 e. The van der Waals surface area contributed by atoms with Crippen molar-refractivity contribution in [2.75, 3.05) is 19.7 Å². The van der Waals surface area contributed by atoms with E-state index in [1.165, 1.54) is 18.4 Å². The highest BCUT2D eigenvalue weighted by atomic mass is 16.7. The van der Waals surface area contributed by atoms with E-state index in [0.29, 0.717) is 5.92 Å². The predicted molar refractivity (Wildman–Crippen MR) is 69.6 cm³/mol. The van der Waals surface area contributed by atoms with Crippen LogP contribution in [0.2, 0.25) is 0 Å². The second kappa shape index (κ2) is 6.15. The van der Waals surface area contributed by atoms with E-state index in [2.05, 4.69) is 31.2 Å². The maximum atomic E-state index is 6.26. The molecule has 1 fully saturated rings. The first-order valence-electron chi connectivity index (χ1n) is 6.46. The Bertz CT molecular complexity index is 322. The fourth-order valence-electron chi connectivity index (χ4n) is 2.19. The van der Waals surface area contributed by atoms with Crippen LogP contribution in [-0.4, -0.2) is 30.8 Å². The minimum absolute atomic E-state index is 0.121. The third-order valence-corrected chi connectivity index (χ3v) is 3.46. The lowest BCUT2D eigenvalue weighted by molar-refractivity contribution is -0.183. The third-order valence-electron chi connectivity index (χ3n) is 3.46. The summed E-state index contributed by atoms with van der Waals surface area (Å²) in [5, 5.41) is 2.02. The number of rotatable bonds is 4. The van der Waals surface area contributed by atoms with Gasteiger partial charge in [0.2, 0.25) is 0 Å². The lowest BCUT2D eigenvalue weighted by Crippen LogP contribution is -2.42. The summed E-state index contributed by atoms with van der Waals surface area (Å²) in [4.78, 5) is 5.59. The van der Waals surface area contributed by atoms with E-state index in [0.717, 1.165) is 19.7 Å². The first kappa shape index (κ1) is 12.6. The second-order valence-corrected chi connectivity index (χ2v) is 4.79. The summed E-state index contributed by atoms with van der Waals surface area (Å²) in [6.45, 7) is 4.85. The zero-order valence-corrected chi connectivity index (χ0v) is 10.5. The van der Waals surface area contributed by atoms with Gasteiger partial charge in [-0.2, -0.15) is 5.06 Å². The van der Waals surface area contributed by atoms with Crippen LogP contribution in [0.15, 0.2) is 30.3 Å². The number of benzene rings is 1. The monoisotopic (exact) mass is 234 g/mol. The molecule has 1 aromatic rings. The van der Waals surface area contributed by atoms with Crippen LogP contribution >= 0.6 is 0 Å². The average Bonchev–Trinajstić information content (AvgIpc) is 2.40. The van der Waals surface area contributed by atoms with Crippen molar-refractivity contribution < 1.29 is 4.84 Å². The summed E-state index contributed by atoms with van der Waals surface area (Å²) in [5.41, 5.74) is 7.56. The smallest absolute Gasteiger partial charge is 0.0685 e. The number of hydroxylamine groups is 2. The summed E-state index contributed by atoms with van der Waals surface area (Å²) in [5.74, 6) is 0.363. The van der Waals surface area contributed by atoms with E-state index in [4.69, 9.17) is 10.6 Å². The summed E-state index contributed by atoms with van der Waals surface area (Å²) in [7, 11) is 0. The molecule has 0 bridgehead atoms. The molecular formula is C14H22N2O. The molecule has 0 amide bonds. The van der Waals surface area contributed by atoms with Crippen molar-refractivity contribution in [2.45, 2.75) is 31.7 Å². The zero-order valence-electron chi connectivity index (χ0n) is 10.5. The number of nitrogens with zero attached hydrogens (tertiary/aromatic N) is 1. The summed E-state index contributed by atoms with van der Waals surface area (Å²) in [6, 6.07) is 10.6. The highest BCUT2D eigenvalue weighted by Gasteiger charge is 2.20. The van der Waals surface area contributed by atoms with E-state index in [1.54, 1.807) is 0 Å². The molecule has 2 N–H and O–H groups in total. The number of hydrogen-bond donors (Lipinski definition) is 1. The van der Waals surface area contributed by atoms with Crippen LogP contribution < -0.4 is 5.73 Å². The molecule has 1 aliphatic rings. The largest absolute Gasteiger partial charge is 0.326 e. The van der Waals surface area contributed by atoms with Gasteiger partial charge >= 0.3 is 0 Å². The Morgan fingerprint density at radius 3 is 2.71 bits per heavy atom. The van der Waals surface area contributed by atoms with Crippen molar-refractivity contribution in [1.82, 2.24) is 5.06 Å². The minimum Gasteiger partial charge on any atom is -0.326 e. The van der Waals surface area contributed by atoms with Gasteiger partial charge in [-0.25, -0.2) is 0 Å². The van der Waals surface area contributed by atoms with Gasteiger partial charge in [-0.15, -0.1) is 0 Å². The highest BCUT2D eigenvalue weighted by Crippen LogP contribution is 2.19. The summed E-state index contributed by atoms with van der Waals surface area (Å²) < 4.78 is 0. The first-order chi connectivity index (χ1) is 8.27. The Labute approximate surface area is 104 Å². The molecule has 17 heavy (non-hydrogen) atoms. The number of nitrogens with two attached hydrogens (primary N) is 1. The van der Waals surface area contributed by atoms with Crippen LogP contribution in [0.1, 0.15) is 31.2 Å². The van der Waals surface area contributed by atoms with Gasteiger partial charge in [-0.05, 0) is 24.3 Å². The van der Waals surface area contributed by atoms with Gasteiger partial charge in [0.25, 0.3) is 0 Å². The van der Waals surface area contributed by atoms with Gasteiger partial charge in [0, 0.05) is 19.1 Å². The zero-order chi connectivity index (χ0) is 12.1. The van der Waals surface area contributed by atoms with Gasteiger partial charge in [0.15, 0.2) is 0 Å². The fraction of sp³-hybridized carbons (Fsp3) is 0.571. The molecule has 0 spiro atoms. The topological polar surface area (TPSA) is 38.5 Å². The molecule has 1 heterocycles. The van der Waals surface area contributed by atoms with Gasteiger partial charge in [0.05, 0.1) is 6.61 Å². The summed E-state index contributed by atoms with van der Waals surface area (Å²) >= 11 is 0. The average molecular weight is 234 g/mol. The molecule has 0 aliphatic carbocycles. The van der Waals surface area contributed by atoms with E-state index in [9.17, 15) is 0 Å². The third kappa shape index (κ3) is 3.53. The molecule has 94 valence electrons. The van der Waals surface area contributed by atoms with Gasteiger partial charge in [0.1, 0.15) is 0 Å². The standard InChI is InChI=1S/C14H22N2O/c1-12(13-7-3-2-4-8-13)14(15)11-16-9-5-6-10-17-16/h2-4,7-8,12,14H,5-6,9-11,15H2,1H3/t12-,14+/m0/s1. The molecule has 0 unspecified atom stereocenters. The molecule has 0 aromatic heterocycles. The fourth-order valence-corrected chi connectivity index (χ4v) is 2.19. The van der Waals surface area contributed by atoms with E-state index in [-0.39, 0.29) is 6.04 Å². The van der Waals surface area contributed by atoms with Gasteiger partial charge in [-0.1, -0.05) is 37.3 Å². The molecule has 1 saturated heterocycles. The van der Waals surface area contributed by atoms with Crippen molar-refractivity contribution in [1.29, 1.82) is 0 Å². The molecular weight excluding hydrogens is 212 g/mol. The molecule has 1 aliphatic heterocycles. The quantitative estimate of drug-likeness (QED) is 0.867. The van der Waals surface area contributed by atoms with Crippen LogP contribution in [0.3, 0.4) is 0 Å². The Kier molecular flexibility index (Phi) is 4.54. The normalized spacial score (nSPS) is 21.1. The molecule has 1 aromatic carbocycles. The molecule has 0 radical (unpaired) electrons. The highest BCUT2D eigenvalue weighted by molar-refractivity contribution is 5.20. The van der Waals surface area contributed by atoms with Gasteiger partial charge < -0.3 is 5.73 Å². The molecule has 3 nitrogen and oxygen atoms in total. The van der Waals surface area contributed by atoms with E-state index < -0.39 is 0 Å².